The number of hydrogen-bond acceptors (Lipinski definition) is 3. The monoisotopic (exact) mass is 419 g/mol. The molecule has 166 valence electrons. The number of nitrogens with one attached hydrogen (secondary N) is 1. The van der Waals surface area contributed by atoms with Crippen molar-refractivity contribution in [3.05, 3.63) is 70.8 Å². The summed E-state index contributed by atoms with van der Waals surface area (Å²) < 4.78 is 0. The standard InChI is InChI=1S/C27H37N3O/c1-22-7-3-4-8-26(22)21-30-17-13-25(14-18-30)27(31)28-19-23-9-11-24(12-10-23)20-29-15-5-2-6-16-29/h3-4,7-12,25H,2,5-6,13-21H2,1H3,(H,28,31). The van der Waals surface area contributed by atoms with E-state index < -0.39 is 0 Å². The molecule has 2 aromatic rings. The minimum atomic E-state index is 0.145. The number of piperidine rings is 2. The van der Waals surface area contributed by atoms with Crippen molar-refractivity contribution in [2.75, 3.05) is 26.2 Å². The Bertz CT molecular complexity index is 834. The van der Waals surface area contributed by atoms with Gasteiger partial charge >= 0.3 is 0 Å². The average molecular weight is 420 g/mol. The molecule has 4 heteroatoms. The fourth-order valence-electron chi connectivity index (χ4n) is 4.85. The Kier molecular flexibility index (Phi) is 7.76. The summed E-state index contributed by atoms with van der Waals surface area (Å²) in [7, 11) is 0. The molecular formula is C27H37N3O. The highest BCUT2D eigenvalue weighted by molar-refractivity contribution is 5.78. The maximum absolute atomic E-state index is 12.7. The number of carbonyl (C=O) groups is 1. The van der Waals surface area contributed by atoms with E-state index in [0.717, 1.165) is 39.0 Å². The Morgan fingerprint density at radius 3 is 2.19 bits per heavy atom. The number of benzene rings is 2. The highest BCUT2D eigenvalue weighted by Crippen LogP contribution is 2.21. The van der Waals surface area contributed by atoms with Crippen LogP contribution in [0, 0.1) is 12.8 Å². The predicted molar refractivity (Wildman–Crippen MR) is 127 cm³/mol. The molecule has 0 unspecified atom stereocenters. The number of carbonyl (C=O) groups excluding carboxylic acids is 1. The van der Waals surface area contributed by atoms with Gasteiger partial charge in [0.1, 0.15) is 0 Å². The molecule has 2 saturated heterocycles. The smallest absolute Gasteiger partial charge is 0.223 e. The second-order valence-electron chi connectivity index (χ2n) is 9.35. The maximum Gasteiger partial charge on any atom is 0.223 e. The molecule has 0 atom stereocenters. The number of likely N-dealkylation sites (tertiary alicyclic amines) is 2. The number of rotatable bonds is 7. The van der Waals surface area contributed by atoms with E-state index in [9.17, 15) is 4.79 Å². The summed E-state index contributed by atoms with van der Waals surface area (Å²) in [5, 5.41) is 3.18. The largest absolute Gasteiger partial charge is 0.352 e. The third-order valence-corrected chi connectivity index (χ3v) is 6.96. The average Bonchev–Trinajstić information content (AvgIpc) is 2.81. The van der Waals surface area contributed by atoms with E-state index in [1.54, 1.807) is 0 Å². The Balaban J connectivity index is 1.18. The third-order valence-electron chi connectivity index (χ3n) is 6.96. The van der Waals surface area contributed by atoms with Crippen molar-refractivity contribution < 1.29 is 4.79 Å². The van der Waals surface area contributed by atoms with Gasteiger partial charge in [-0.05, 0) is 81.0 Å². The first kappa shape index (κ1) is 22.0. The van der Waals surface area contributed by atoms with Gasteiger partial charge in [-0.3, -0.25) is 14.6 Å². The number of nitrogens with zero attached hydrogens (tertiary/aromatic N) is 2. The lowest BCUT2D eigenvalue weighted by Crippen LogP contribution is -2.40. The van der Waals surface area contributed by atoms with Gasteiger partial charge in [-0.15, -0.1) is 0 Å². The molecule has 1 N–H and O–H groups in total. The van der Waals surface area contributed by atoms with Gasteiger partial charge in [0.15, 0.2) is 0 Å². The Morgan fingerprint density at radius 2 is 1.48 bits per heavy atom. The molecule has 0 spiro atoms. The zero-order chi connectivity index (χ0) is 21.5. The van der Waals surface area contributed by atoms with Crippen LogP contribution in [0.3, 0.4) is 0 Å². The molecule has 0 aliphatic carbocycles. The molecule has 0 radical (unpaired) electrons. The molecular weight excluding hydrogens is 382 g/mol. The van der Waals surface area contributed by atoms with Crippen molar-refractivity contribution >= 4 is 5.91 Å². The van der Waals surface area contributed by atoms with E-state index in [4.69, 9.17) is 0 Å². The summed E-state index contributed by atoms with van der Waals surface area (Å²) in [6, 6.07) is 17.4. The lowest BCUT2D eigenvalue weighted by Gasteiger charge is -2.31. The minimum Gasteiger partial charge on any atom is -0.352 e. The number of hydrogen-bond donors (Lipinski definition) is 1. The van der Waals surface area contributed by atoms with Crippen LogP contribution in [0.5, 0.6) is 0 Å². The van der Waals surface area contributed by atoms with Crippen molar-refractivity contribution in [1.82, 2.24) is 15.1 Å². The van der Waals surface area contributed by atoms with Gasteiger partial charge in [0, 0.05) is 25.6 Å². The molecule has 2 aliphatic rings. The number of amides is 1. The molecule has 2 aromatic carbocycles. The van der Waals surface area contributed by atoms with Gasteiger partial charge in [0.25, 0.3) is 0 Å². The summed E-state index contributed by atoms with van der Waals surface area (Å²) in [4.78, 5) is 17.7. The van der Waals surface area contributed by atoms with Crippen molar-refractivity contribution in [1.29, 1.82) is 0 Å². The topological polar surface area (TPSA) is 35.6 Å². The first-order chi connectivity index (χ1) is 15.2. The first-order valence-corrected chi connectivity index (χ1v) is 12.0. The molecule has 1 amide bonds. The van der Waals surface area contributed by atoms with E-state index in [0.29, 0.717) is 6.54 Å². The van der Waals surface area contributed by atoms with Crippen LogP contribution in [-0.2, 0) is 24.4 Å². The molecule has 31 heavy (non-hydrogen) atoms. The summed E-state index contributed by atoms with van der Waals surface area (Å²) in [6.45, 7) is 9.29. The molecule has 0 bridgehead atoms. The molecule has 4 nitrogen and oxygen atoms in total. The van der Waals surface area contributed by atoms with Crippen LogP contribution in [-0.4, -0.2) is 41.9 Å². The van der Waals surface area contributed by atoms with Crippen molar-refractivity contribution in [2.45, 2.75) is 58.7 Å². The fourth-order valence-corrected chi connectivity index (χ4v) is 4.85. The fraction of sp³-hybridized carbons (Fsp3) is 0.519. The summed E-state index contributed by atoms with van der Waals surface area (Å²) in [6.07, 6.45) is 5.93. The van der Waals surface area contributed by atoms with Gasteiger partial charge in [0.2, 0.25) is 5.91 Å². The third kappa shape index (κ3) is 6.41. The molecule has 4 rings (SSSR count). The second kappa shape index (κ2) is 10.9. The van der Waals surface area contributed by atoms with Gasteiger partial charge in [0.05, 0.1) is 0 Å². The van der Waals surface area contributed by atoms with E-state index in [-0.39, 0.29) is 11.8 Å². The van der Waals surface area contributed by atoms with E-state index in [2.05, 4.69) is 70.6 Å². The van der Waals surface area contributed by atoms with Gasteiger partial charge < -0.3 is 5.32 Å². The molecule has 0 saturated carbocycles. The molecule has 2 fully saturated rings. The van der Waals surface area contributed by atoms with Crippen molar-refractivity contribution in [3.8, 4) is 0 Å². The molecule has 2 heterocycles. The van der Waals surface area contributed by atoms with Crippen LogP contribution in [0.2, 0.25) is 0 Å². The van der Waals surface area contributed by atoms with Gasteiger partial charge in [-0.1, -0.05) is 55.0 Å². The van der Waals surface area contributed by atoms with Crippen molar-refractivity contribution in [3.63, 3.8) is 0 Å². The predicted octanol–water partition coefficient (Wildman–Crippen LogP) is 4.51. The highest BCUT2D eigenvalue weighted by atomic mass is 16.1. The Labute approximate surface area is 187 Å². The van der Waals surface area contributed by atoms with Gasteiger partial charge in [-0.2, -0.15) is 0 Å². The number of aryl methyl sites for hydroxylation is 1. The summed E-state index contributed by atoms with van der Waals surface area (Å²) >= 11 is 0. The minimum absolute atomic E-state index is 0.145. The lowest BCUT2D eigenvalue weighted by atomic mass is 9.95. The van der Waals surface area contributed by atoms with Crippen LogP contribution < -0.4 is 5.32 Å². The highest BCUT2D eigenvalue weighted by Gasteiger charge is 2.25. The van der Waals surface area contributed by atoms with Gasteiger partial charge in [-0.25, -0.2) is 0 Å². The van der Waals surface area contributed by atoms with Crippen LogP contribution >= 0.6 is 0 Å². The molecule has 0 aromatic heterocycles. The lowest BCUT2D eigenvalue weighted by molar-refractivity contribution is -0.126. The SMILES string of the molecule is Cc1ccccc1CN1CCC(C(=O)NCc2ccc(CN3CCCCC3)cc2)CC1. The summed E-state index contributed by atoms with van der Waals surface area (Å²) in [5.74, 6) is 0.361. The Morgan fingerprint density at radius 1 is 0.839 bits per heavy atom. The maximum atomic E-state index is 12.7. The second-order valence-corrected chi connectivity index (χ2v) is 9.35. The normalized spacial score (nSPS) is 18.7. The van der Waals surface area contributed by atoms with Crippen LogP contribution in [0.15, 0.2) is 48.5 Å². The van der Waals surface area contributed by atoms with Crippen molar-refractivity contribution in [2.24, 2.45) is 5.92 Å². The first-order valence-electron chi connectivity index (χ1n) is 12.0. The summed E-state index contributed by atoms with van der Waals surface area (Å²) in [5.41, 5.74) is 5.31. The van der Waals surface area contributed by atoms with E-state index in [1.165, 1.54) is 54.6 Å². The van der Waals surface area contributed by atoms with E-state index in [1.807, 2.05) is 0 Å². The quantitative estimate of drug-likeness (QED) is 0.717. The van der Waals surface area contributed by atoms with Crippen LogP contribution in [0.1, 0.15) is 54.4 Å². The zero-order valence-electron chi connectivity index (χ0n) is 19.0. The van der Waals surface area contributed by atoms with E-state index >= 15 is 0 Å². The van der Waals surface area contributed by atoms with Crippen LogP contribution in [0.25, 0.3) is 0 Å². The molecule has 2 aliphatic heterocycles. The Hall–Kier alpha value is -2.17. The van der Waals surface area contributed by atoms with Crippen LogP contribution in [0.4, 0.5) is 0 Å². The zero-order valence-corrected chi connectivity index (χ0v) is 19.0.